The second-order valence-corrected chi connectivity index (χ2v) is 5.99. The topological polar surface area (TPSA) is 72.5 Å². The fourth-order valence-electron chi connectivity index (χ4n) is 2.50. The van der Waals surface area contributed by atoms with Crippen molar-refractivity contribution < 1.29 is 14.3 Å². The molecule has 138 valence electrons. The van der Waals surface area contributed by atoms with Crippen molar-refractivity contribution in [2.45, 2.75) is 0 Å². The molecule has 1 amide bonds. The van der Waals surface area contributed by atoms with E-state index in [9.17, 15) is 4.79 Å². The molecular weight excluding hydrogens is 366 g/mol. The Labute approximate surface area is 162 Å². The number of halogens is 1. The molecule has 0 saturated heterocycles. The molecule has 3 rings (SSSR count). The van der Waals surface area contributed by atoms with E-state index in [1.807, 2.05) is 24.3 Å². The largest absolute Gasteiger partial charge is 0.495 e. The van der Waals surface area contributed by atoms with E-state index in [2.05, 4.69) is 15.6 Å². The Morgan fingerprint density at radius 2 is 1.70 bits per heavy atom. The highest BCUT2D eigenvalue weighted by Gasteiger charge is 2.12. The lowest BCUT2D eigenvalue weighted by Gasteiger charge is -2.12. The first-order chi connectivity index (χ1) is 13.1. The second-order valence-electron chi connectivity index (χ2n) is 5.55. The van der Waals surface area contributed by atoms with Crippen LogP contribution in [0.15, 0.2) is 60.8 Å². The predicted molar refractivity (Wildman–Crippen MR) is 106 cm³/mol. The normalized spacial score (nSPS) is 10.2. The minimum Gasteiger partial charge on any atom is -0.495 e. The van der Waals surface area contributed by atoms with Gasteiger partial charge in [-0.3, -0.25) is 4.79 Å². The second kappa shape index (κ2) is 8.42. The van der Waals surface area contributed by atoms with Crippen LogP contribution in [0.5, 0.6) is 11.5 Å². The van der Waals surface area contributed by atoms with Crippen LogP contribution < -0.4 is 20.1 Å². The van der Waals surface area contributed by atoms with Crippen molar-refractivity contribution in [2.75, 3.05) is 24.9 Å². The Balaban J connectivity index is 1.81. The molecule has 0 atom stereocenters. The van der Waals surface area contributed by atoms with Crippen molar-refractivity contribution in [3.63, 3.8) is 0 Å². The number of hydrogen-bond acceptors (Lipinski definition) is 5. The van der Waals surface area contributed by atoms with Crippen molar-refractivity contribution in [3.05, 3.63) is 71.4 Å². The van der Waals surface area contributed by atoms with Gasteiger partial charge in [-0.05, 0) is 42.5 Å². The number of pyridine rings is 1. The lowest BCUT2D eigenvalue weighted by molar-refractivity contribution is 0.102. The Bertz CT molecular complexity index is 963. The summed E-state index contributed by atoms with van der Waals surface area (Å²) in [6.07, 6.45) is 1.56. The first-order valence-electron chi connectivity index (χ1n) is 8.11. The van der Waals surface area contributed by atoms with Crippen LogP contribution in [0.4, 0.5) is 17.2 Å². The Hall–Kier alpha value is -3.25. The SMILES string of the molecule is COc1ccc(Cl)cc1NC(=O)c1ccnc(Nc2ccccc2OC)c1. The fraction of sp³-hybridized carbons (Fsp3) is 0.100. The number of carbonyl (C=O) groups is 1. The summed E-state index contributed by atoms with van der Waals surface area (Å²) in [5, 5.41) is 6.46. The van der Waals surface area contributed by atoms with Gasteiger partial charge < -0.3 is 20.1 Å². The van der Waals surface area contributed by atoms with Crippen LogP contribution in [0, 0.1) is 0 Å². The molecule has 7 heteroatoms. The van der Waals surface area contributed by atoms with Crippen LogP contribution in [-0.4, -0.2) is 25.1 Å². The van der Waals surface area contributed by atoms with Crippen LogP contribution in [0.25, 0.3) is 0 Å². The summed E-state index contributed by atoms with van der Waals surface area (Å²) in [7, 11) is 3.12. The van der Waals surface area contributed by atoms with Gasteiger partial charge in [-0.15, -0.1) is 0 Å². The highest BCUT2D eigenvalue weighted by molar-refractivity contribution is 6.31. The van der Waals surface area contributed by atoms with E-state index in [0.717, 1.165) is 5.69 Å². The Morgan fingerprint density at radius 1 is 0.963 bits per heavy atom. The number of anilines is 3. The van der Waals surface area contributed by atoms with Gasteiger partial charge in [-0.2, -0.15) is 0 Å². The molecule has 2 N–H and O–H groups in total. The standard InChI is InChI=1S/C20H18ClN3O3/c1-26-17-6-4-3-5-15(17)23-19-11-13(9-10-22-19)20(25)24-16-12-14(21)7-8-18(16)27-2/h3-12H,1-2H3,(H,22,23)(H,24,25). The zero-order chi connectivity index (χ0) is 19.2. The van der Waals surface area contributed by atoms with Crippen molar-refractivity contribution in [1.82, 2.24) is 4.98 Å². The van der Waals surface area contributed by atoms with E-state index in [1.165, 1.54) is 7.11 Å². The van der Waals surface area contributed by atoms with E-state index < -0.39 is 0 Å². The van der Waals surface area contributed by atoms with E-state index >= 15 is 0 Å². The van der Waals surface area contributed by atoms with Gasteiger partial charge in [0, 0.05) is 16.8 Å². The average Bonchev–Trinajstić information content (AvgIpc) is 2.69. The third-order valence-electron chi connectivity index (χ3n) is 3.80. The van der Waals surface area contributed by atoms with Gasteiger partial charge in [-0.25, -0.2) is 4.98 Å². The van der Waals surface area contributed by atoms with Gasteiger partial charge >= 0.3 is 0 Å². The molecule has 0 unspecified atom stereocenters. The Morgan fingerprint density at radius 3 is 2.48 bits per heavy atom. The number of carbonyl (C=O) groups excluding carboxylic acids is 1. The summed E-state index contributed by atoms with van der Waals surface area (Å²) in [6, 6.07) is 15.8. The van der Waals surface area contributed by atoms with E-state index in [0.29, 0.717) is 33.6 Å². The van der Waals surface area contributed by atoms with Crippen LogP contribution >= 0.6 is 11.6 Å². The highest BCUT2D eigenvalue weighted by Crippen LogP contribution is 2.29. The molecule has 1 aromatic heterocycles. The van der Waals surface area contributed by atoms with Crippen molar-refractivity contribution in [3.8, 4) is 11.5 Å². The molecule has 0 fully saturated rings. The summed E-state index contributed by atoms with van der Waals surface area (Å²) >= 11 is 6.01. The molecule has 0 aliphatic rings. The molecule has 1 heterocycles. The van der Waals surface area contributed by atoms with Crippen LogP contribution in [0.3, 0.4) is 0 Å². The minimum atomic E-state index is -0.305. The fourth-order valence-corrected chi connectivity index (χ4v) is 2.67. The lowest BCUT2D eigenvalue weighted by Crippen LogP contribution is -2.13. The molecule has 27 heavy (non-hydrogen) atoms. The van der Waals surface area contributed by atoms with Gasteiger partial charge in [0.25, 0.3) is 5.91 Å². The molecule has 6 nitrogen and oxygen atoms in total. The third-order valence-corrected chi connectivity index (χ3v) is 4.04. The van der Waals surface area contributed by atoms with Crippen molar-refractivity contribution >= 4 is 34.7 Å². The predicted octanol–water partition coefficient (Wildman–Crippen LogP) is 4.75. The summed E-state index contributed by atoms with van der Waals surface area (Å²) in [5.74, 6) is 1.42. The summed E-state index contributed by atoms with van der Waals surface area (Å²) in [6.45, 7) is 0. The number of methoxy groups -OCH3 is 2. The smallest absolute Gasteiger partial charge is 0.255 e. The molecule has 0 radical (unpaired) electrons. The molecule has 3 aromatic rings. The zero-order valence-corrected chi connectivity index (χ0v) is 15.6. The molecule has 0 aliphatic carbocycles. The number of ether oxygens (including phenoxy) is 2. The quantitative estimate of drug-likeness (QED) is 0.642. The molecule has 0 aliphatic heterocycles. The highest BCUT2D eigenvalue weighted by atomic mass is 35.5. The van der Waals surface area contributed by atoms with E-state index in [-0.39, 0.29) is 5.91 Å². The van der Waals surface area contributed by atoms with Gasteiger partial charge in [0.15, 0.2) is 0 Å². The first-order valence-corrected chi connectivity index (χ1v) is 8.49. The third kappa shape index (κ3) is 4.48. The maximum atomic E-state index is 12.6. The van der Waals surface area contributed by atoms with Gasteiger partial charge in [-0.1, -0.05) is 23.7 Å². The summed E-state index contributed by atoms with van der Waals surface area (Å²) in [4.78, 5) is 16.9. The van der Waals surface area contributed by atoms with E-state index in [1.54, 1.807) is 43.6 Å². The number of rotatable bonds is 6. The van der Waals surface area contributed by atoms with Gasteiger partial charge in [0.2, 0.25) is 0 Å². The monoisotopic (exact) mass is 383 g/mol. The number of nitrogens with one attached hydrogen (secondary N) is 2. The Kier molecular flexibility index (Phi) is 5.78. The van der Waals surface area contributed by atoms with Crippen molar-refractivity contribution in [1.29, 1.82) is 0 Å². The number of aromatic nitrogens is 1. The van der Waals surface area contributed by atoms with Crippen molar-refractivity contribution in [2.24, 2.45) is 0 Å². The summed E-state index contributed by atoms with van der Waals surface area (Å²) < 4.78 is 10.6. The summed E-state index contributed by atoms with van der Waals surface area (Å²) in [5.41, 5.74) is 1.68. The van der Waals surface area contributed by atoms with Crippen LogP contribution in [0.1, 0.15) is 10.4 Å². The number of hydrogen-bond donors (Lipinski definition) is 2. The number of nitrogens with zero attached hydrogens (tertiary/aromatic N) is 1. The number of benzene rings is 2. The van der Waals surface area contributed by atoms with Crippen LogP contribution in [0.2, 0.25) is 5.02 Å². The molecule has 0 saturated carbocycles. The van der Waals surface area contributed by atoms with E-state index in [4.69, 9.17) is 21.1 Å². The maximum absolute atomic E-state index is 12.6. The maximum Gasteiger partial charge on any atom is 0.255 e. The molecule has 2 aromatic carbocycles. The zero-order valence-electron chi connectivity index (χ0n) is 14.8. The van der Waals surface area contributed by atoms with Gasteiger partial charge in [0.1, 0.15) is 17.3 Å². The molecular formula is C20H18ClN3O3. The first kappa shape index (κ1) is 18.5. The van der Waals surface area contributed by atoms with Crippen LogP contribution in [-0.2, 0) is 0 Å². The molecule has 0 spiro atoms. The number of amides is 1. The number of para-hydroxylation sites is 2. The van der Waals surface area contributed by atoms with Gasteiger partial charge in [0.05, 0.1) is 25.6 Å². The molecule has 0 bridgehead atoms. The average molecular weight is 384 g/mol. The lowest BCUT2D eigenvalue weighted by atomic mass is 10.2. The minimum absolute atomic E-state index is 0.305.